The predicted octanol–water partition coefficient (Wildman–Crippen LogP) is 0.538. The Morgan fingerprint density at radius 2 is 1.81 bits per heavy atom. The number of hydrogen-bond donors (Lipinski definition) is 5. The quantitative estimate of drug-likeness (QED) is 0.133. The molecule has 2 aromatic rings. The van der Waals surface area contributed by atoms with Crippen LogP contribution in [0.15, 0.2) is 42.5 Å². The maximum absolute atomic E-state index is 12.9. The molecule has 0 aromatic heterocycles. The summed E-state index contributed by atoms with van der Waals surface area (Å²) in [7, 11) is 0. The number of carboxylic acids is 1. The monoisotopic (exact) mass is 509 g/mol. The zero-order valence-corrected chi connectivity index (χ0v) is 19.9. The summed E-state index contributed by atoms with van der Waals surface area (Å²) in [5, 5.41) is 22.6. The number of carbonyl (C=O) groups excluding carboxylic acids is 3. The van der Waals surface area contributed by atoms with E-state index in [1.54, 1.807) is 42.5 Å². The number of benzene rings is 2. The van der Waals surface area contributed by atoms with Crippen molar-refractivity contribution in [2.75, 3.05) is 26.4 Å². The van der Waals surface area contributed by atoms with Gasteiger partial charge in [0.1, 0.15) is 5.84 Å². The van der Waals surface area contributed by atoms with E-state index in [0.717, 1.165) is 0 Å². The van der Waals surface area contributed by atoms with Crippen LogP contribution in [-0.4, -0.2) is 66.0 Å². The van der Waals surface area contributed by atoms with Gasteiger partial charge in [-0.2, -0.15) is 0 Å². The number of carbonyl (C=O) groups is 4. The van der Waals surface area contributed by atoms with E-state index in [4.69, 9.17) is 20.6 Å². The molecular weight excluding hydrogens is 482 g/mol. The Morgan fingerprint density at radius 1 is 1.11 bits per heavy atom. The van der Waals surface area contributed by atoms with Crippen molar-refractivity contribution in [1.82, 2.24) is 15.5 Å². The number of carboxylic acid groups (broad SMARTS) is 1. The Balaban J connectivity index is 1.57. The summed E-state index contributed by atoms with van der Waals surface area (Å²) in [5.74, 6) is -2.31. The van der Waals surface area contributed by atoms with Crippen molar-refractivity contribution in [3.05, 3.63) is 59.2 Å². The number of amidine groups is 1. The number of nitrogens with two attached hydrogens (primary N) is 1. The fourth-order valence-corrected chi connectivity index (χ4v) is 4.63. The number of piperazine rings is 1. The molecule has 194 valence electrons. The maximum atomic E-state index is 12.9. The van der Waals surface area contributed by atoms with Gasteiger partial charge < -0.3 is 35.8 Å². The fraction of sp³-hybridized carbons (Fsp3) is 0.320. The van der Waals surface area contributed by atoms with Crippen LogP contribution in [0.3, 0.4) is 0 Å². The van der Waals surface area contributed by atoms with Crippen molar-refractivity contribution in [2.45, 2.75) is 24.8 Å². The highest BCUT2D eigenvalue weighted by atomic mass is 16.7. The summed E-state index contributed by atoms with van der Waals surface area (Å²) in [5.41, 5.74) is 5.44. The number of fused-ring (bicyclic) bond motifs is 1. The summed E-state index contributed by atoms with van der Waals surface area (Å²) >= 11 is 0. The third kappa shape index (κ3) is 5.32. The van der Waals surface area contributed by atoms with Gasteiger partial charge in [-0.25, -0.2) is 0 Å². The molecule has 0 spiro atoms. The maximum Gasteiger partial charge on any atom is 0.312 e. The lowest BCUT2D eigenvalue weighted by Crippen LogP contribution is -2.60. The van der Waals surface area contributed by atoms with Crippen molar-refractivity contribution >= 4 is 29.5 Å². The number of hydrogen-bond acceptors (Lipinski definition) is 7. The molecule has 37 heavy (non-hydrogen) atoms. The van der Waals surface area contributed by atoms with Crippen LogP contribution < -0.4 is 25.8 Å². The molecule has 0 bridgehead atoms. The summed E-state index contributed by atoms with van der Waals surface area (Å²) in [6.45, 7) is 0.521. The molecule has 0 radical (unpaired) electrons. The molecule has 0 saturated carbocycles. The van der Waals surface area contributed by atoms with Gasteiger partial charge in [0.05, 0.1) is 12.0 Å². The predicted molar refractivity (Wildman–Crippen MR) is 130 cm³/mol. The lowest BCUT2D eigenvalue weighted by atomic mass is 9.79. The molecule has 0 aliphatic carbocycles. The molecule has 2 aromatic carbocycles. The highest BCUT2D eigenvalue weighted by molar-refractivity contribution is 6.35. The number of nitrogen functional groups attached to an aromatic ring is 1. The van der Waals surface area contributed by atoms with Gasteiger partial charge in [0, 0.05) is 30.8 Å². The molecule has 2 aliphatic heterocycles. The summed E-state index contributed by atoms with van der Waals surface area (Å²) in [6.07, 6.45) is 0.0119. The summed E-state index contributed by atoms with van der Waals surface area (Å²) in [4.78, 5) is 51.1. The standard InChI is InChI=1S/C25H27N5O7/c26-21(27)15-2-4-16(5-3-15)22(33)28-9-1-8-25(13-20(31)32,30-11-10-29-23(34)24(30)35)17-6-7-18-19(12-17)37-14-36-18/h2-7,12H,1,8-11,13-14H2,(H3,26,27)(H,28,33)(H,29,34)(H,31,32). The lowest BCUT2D eigenvalue weighted by molar-refractivity contribution is -0.157. The number of ether oxygens (including phenoxy) is 2. The number of aliphatic carboxylic acids is 1. The number of rotatable bonds is 10. The van der Waals surface area contributed by atoms with Crippen LogP contribution in [0.25, 0.3) is 0 Å². The Hall–Kier alpha value is -4.61. The van der Waals surface area contributed by atoms with Crippen LogP contribution in [0.4, 0.5) is 0 Å². The topological polar surface area (TPSA) is 184 Å². The second-order valence-electron chi connectivity index (χ2n) is 8.73. The van der Waals surface area contributed by atoms with E-state index < -0.39 is 29.7 Å². The van der Waals surface area contributed by atoms with E-state index in [-0.39, 0.29) is 44.6 Å². The first kappa shape index (κ1) is 25.5. The minimum atomic E-state index is -1.37. The average Bonchev–Trinajstić information content (AvgIpc) is 3.35. The highest BCUT2D eigenvalue weighted by Gasteiger charge is 2.46. The van der Waals surface area contributed by atoms with Gasteiger partial charge in [0.25, 0.3) is 5.91 Å². The van der Waals surface area contributed by atoms with Gasteiger partial charge in [0.2, 0.25) is 6.79 Å². The summed E-state index contributed by atoms with van der Waals surface area (Å²) in [6, 6.07) is 11.2. The Morgan fingerprint density at radius 3 is 2.51 bits per heavy atom. The first-order chi connectivity index (χ1) is 17.7. The second-order valence-corrected chi connectivity index (χ2v) is 8.73. The minimum absolute atomic E-state index is 0.0230. The molecule has 2 aliphatic rings. The normalized spacial score (nSPS) is 16.1. The van der Waals surface area contributed by atoms with E-state index in [1.165, 1.54) is 4.90 Å². The van der Waals surface area contributed by atoms with Crippen molar-refractivity contribution in [1.29, 1.82) is 5.41 Å². The SMILES string of the molecule is N=C(N)c1ccc(C(=O)NCCCC(CC(=O)O)(c2ccc3c(c2)OCO3)N2CCNC(=O)C2=O)cc1. The molecule has 4 rings (SSSR count). The van der Waals surface area contributed by atoms with Crippen molar-refractivity contribution < 1.29 is 33.8 Å². The fourth-order valence-electron chi connectivity index (χ4n) is 4.63. The molecule has 1 fully saturated rings. The van der Waals surface area contributed by atoms with Gasteiger partial charge in [-0.05, 0) is 42.7 Å². The first-order valence-electron chi connectivity index (χ1n) is 11.7. The van der Waals surface area contributed by atoms with Crippen molar-refractivity contribution in [3.8, 4) is 11.5 Å². The smallest absolute Gasteiger partial charge is 0.312 e. The van der Waals surface area contributed by atoms with E-state index in [0.29, 0.717) is 34.6 Å². The van der Waals surface area contributed by atoms with E-state index in [1.807, 2.05) is 0 Å². The second kappa shape index (κ2) is 10.6. The molecule has 12 nitrogen and oxygen atoms in total. The third-order valence-corrected chi connectivity index (χ3v) is 6.44. The molecular formula is C25H27N5O7. The molecule has 12 heteroatoms. The van der Waals surface area contributed by atoms with Crippen LogP contribution in [0.1, 0.15) is 40.7 Å². The molecule has 1 unspecified atom stereocenters. The largest absolute Gasteiger partial charge is 0.481 e. The zero-order chi connectivity index (χ0) is 26.6. The van der Waals surface area contributed by atoms with Crippen LogP contribution >= 0.6 is 0 Å². The number of nitrogens with one attached hydrogen (secondary N) is 3. The molecule has 1 saturated heterocycles. The van der Waals surface area contributed by atoms with Crippen LogP contribution in [0.5, 0.6) is 11.5 Å². The molecule has 2 heterocycles. The van der Waals surface area contributed by atoms with Crippen molar-refractivity contribution in [3.63, 3.8) is 0 Å². The molecule has 1 atom stereocenters. The van der Waals surface area contributed by atoms with Crippen LogP contribution in [0, 0.1) is 5.41 Å². The average molecular weight is 510 g/mol. The minimum Gasteiger partial charge on any atom is -0.481 e. The highest BCUT2D eigenvalue weighted by Crippen LogP contribution is 2.42. The molecule has 3 amide bonds. The van der Waals surface area contributed by atoms with Crippen molar-refractivity contribution in [2.24, 2.45) is 5.73 Å². The first-order valence-corrected chi connectivity index (χ1v) is 11.7. The summed E-state index contributed by atoms with van der Waals surface area (Å²) < 4.78 is 10.8. The van der Waals surface area contributed by atoms with E-state index in [2.05, 4.69) is 10.6 Å². The molecule has 6 N–H and O–H groups in total. The van der Waals surface area contributed by atoms with Gasteiger partial charge >= 0.3 is 17.8 Å². The van der Waals surface area contributed by atoms with Crippen LogP contribution in [-0.2, 0) is 19.9 Å². The third-order valence-electron chi connectivity index (χ3n) is 6.44. The Labute approximate surface area is 212 Å². The lowest BCUT2D eigenvalue weighted by Gasteiger charge is -2.45. The number of nitrogens with zero attached hydrogens (tertiary/aromatic N) is 1. The Kier molecular flexibility index (Phi) is 7.27. The zero-order valence-electron chi connectivity index (χ0n) is 19.9. The number of amides is 3. The van der Waals surface area contributed by atoms with E-state index in [9.17, 15) is 24.3 Å². The van der Waals surface area contributed by atoms with Gasteiger partial charge in [-0.15, -0.1) is 0 Å². The van der Waals surface area contributed by atoms with Crippen LogP contribution in [0.2, 0.25) is 0 Å². The van der Waals surface area contributed by atoms with Gasteiger partial charge in [0.15, 0.2) is 11.5 Å². The van der Waals surface area contributed by atoms with Gasteiger partial charge in [-0.3, -0.25) is 24.6 Å². The van der Waals surface area contributed by atoms with Gasteiger partial charge in [-0.1, -0.05) is 18.2 Å². The van der Waals surface area contributed by atoms with E-state index >= 15 is 0 Å². The Bertz CT molecular complexity index is 1250.